The van der Waals surface area contributed by atoms with Crippen molar-refractivity contribution in [3.8, 4) is 0 Å². The third kappa shape index (κ3) is 2.16. The van der Waals surface area contributed by atoms with E-state index in [-0.39, 0.29) is 11.6 Å². The SMILES string of the molecule is Nc1ccc2c(c1)oc(=O)n2Cc1ccc(F)c(Cl)c1. The Hall–Kier alpha value is -2.27. The van der Waals surface area contributed by atoms with Crippen LogP contribution in [0.4, 0.5) is 10.1 Å². The average Bonchev–Trinajstić information content (AvgIpc) is 2.69. The molecule has 3 aromatic rings. The van der Waals surface area contributed by atoms with Crippen LogP contribution in [-0.2, 0) is 6.54 Å². The summed E-state index contributed by atoms with van der Waals surface area (Å²) < 4.78 is 19.7. The van der Waals surface area contributed by atoms with Crippen LogP contribution in [-0.4, -0.2) is 4.57 Å². The number of aromatic nitrogens is 1. The third-order valence-electron chi connectivity index (χ3n) is 3.02. The molecule has 0 unspecified atom stereocenters. The van der Waals surface area contributed by atoms with Gasteiger partial charge in [-0.1, -0.05) is 17.7 Å². The summed E-state index contributed by atoms with van der Waals surface area (Å²) in [6.45, 7) is 0.246. The van der Waals surface area contributed by atoms with Crippen LogP contribution in [0.5, 0.6) is 0 Å². The number of halogens is 2. The molecule has 3 rings (SSSR count). The molecule has 0 aliphatic rings. The van der Waals surface area contributed by atoms with Gasteiger partial charge in [0.15, 0.2) is 5.58 Å². The highest BCUT2D eigenvalue weighted by Gasteiger charge is 2.10. The number of benzene rings is 2. The van der Waals surface area contributed by atoms with Crippen LogP contribution < -0.4 is 11.5 Å². The lowest BCUT2D eigenvalue weighted by molar-refractivity contribution is 0.517. The Morgan fingerprint density at radius 3 is 2.80 bits per heavy atom. The first-order chi connectivity index (χ1) is 9.54. The first kappa shape index (κ1) is 12.7. The van der Waals surface area contributed by atoms with E-state index in [1.807, 2.05) is 0 Å². The summed E-state index contributed by atoms with van der Waals surface area (Å²) in [5.74, 6) is -0.987. The van der Waals surface area contributed by atoms with Gasteiger partial charge in [-0.25, -0.2) is 9.18 Å². The molecule has 0 radical (unpaired) electrons. The highest BCUT2D eigenvalue weighted by Crippen LogP contribution is 2.20. The number of oxazole rings is 1. The molecule has 20 heavy (non-hydrogen) atoms. The van der Waals surface area contributed by atoms with Crippen molar-refractivity contribution in [3.63, 3.8) is 0 Å². The standard InChI is InChI=1S/C14H10ClFN2O2/c15-10-5-8(1-3-11(10)16)7-18-12-4-2-9(17)6-13(12)20-14(18)19/h1-6H,7,17H2. The molecule has 0 spiro atoms. The molecule has 0 saturated heterocycles. The number of nitrogens with zero attached hydrogens (tertiary/aromatic N) is 1. The van der Waals surface area contributed by atoms with E-state index in [9.17, 15) is 9.18 Å². The Kier molecular flexibility index (Phi) is 2.99. The molecule has 0 fully saturated rings. The molecular formula is C14H10ClFN2O2. The van der Waals surface area contributed by atoms with Crippen molar-refractivity contribution in [2.75, 3.05) is 5.73 Å². The van der Waals surface area contributed by atoms with Crippen LogP contribution in [0, 0.1) is 5.82 Å². The van der Waals surface area contributed by atoms with Crippen molar-refractivity contribution in [2.24, 2.45) is 0 Å². The predicted molar refractivity (Wildman–Crippen MR) is 75.4 cm³/mol. The van der Waals surface area contributed by atoms with Crippen LogP contribution in [0.3, 0.4) is 0 Å². The van der Waals surface area contributed by atoms with E-state index in [4.69, 9.17) is 21.8 Å². The van der Waals surface area contributed by atoms with Crippen molar-refractivity contribution in [3.05, 3.63) is 63.4 Å². The highest BCUT2D eigenvalue weighted by molar-refractivity contribution is 6.30. The van der Waals surface area contributed by atoms with Gasteiger partial charge in [0.1, 0.15) is 5.82 Å². The van der Waals surface area contributed by atoms with Gasteiger partial charge in [-0.2, -0.15) is 0 Å². The van der Waals surface area contributed by atoms with Gasteiger partial charge in [-0.3, -0.25) is 4.57 Å². The fourth-order valence-corrected chi connectivity index (χ4v) is 2.26. The molecule has 1 heterocycles. The topological polar surface area (TPSA) is 61.2 Å². The minimum absolute atomic E-state index is 0.0209. The molecule has 4 nitrogen and oxygen atoms in total. The largest absolute Gasteiger partial charge is 0.420 e. The van der Waals surface area contributed by atoms with Crippen LogP contribution in [0.15, 0.2) is 45.6 Å². The Labute approximate surface area is 118 Å². The highest BCUT2D eigenvalue weighted by atomic mass is 35.5. The second-order valence-corrected chi connectivity index (χ2v) is 4.84. The average molecular weight is 293 g/mol. The lowest BCUT2D eigenvalue weighted by atomic mass is 10.2. The smallest absolute Gasteiger partial charge is 0.408 e. The number of fused-ring (bicyclic) bond motifs is 1. The Bertz CT molecular complexity index is 854. The van der Waals surface area contributed by atoms with E-state index in [0.717, 1.165) is 0 Å². The van der Waals surface area contributed by atoms with Gasteiger partial charge >= 0.3 is 5.76 Å². The number of nitrogens with two attached hydrogens (primary N) is 1. The molecule has 0 aliphatic heterocycles. The van der Waals surface area contributed by atoms with E-state index in [2.05, 4.69) is 0 Å². The summed E-state index contributed by atoms with van der Waals surface area (Å²) in [6, 6.07) is 9.31. The van der Waals surface area contributed by atoms with Crippen molar-refractivity contribution < 1.29 is 8.81 Å². The molecule has 0 amide bonds. The molecule has 1 aromatic heterocycles. The first-order valence-electron chi connectivity index (χ1n) is 5.87. The molecule has 0 saturated carbocycles. The van der Waals surface area contributed by atoms with Crippen molar-refractivity contribution in [1.29, 1.82) is 0 Å². The zero-order valence-electron chi connectivity index (χ0n) is 10.3. The quantitative estimate of drug-likeness (QED) is 0.739. The summed E-state index contributed by atoms with van der Waals surface area (Å²) >= 11 is 5.73. The number of anilines is 1. The van der Waals surface area contributed by atoms with Gasteiger partial charge in [-0.05, 0) is 29.8 Å². The van der Waals surface area contributed by atoms with Gasteiger partial charge in [0.05, 0.1) is 17.1 Å². The fraction of sp³-hybridized carbons (Fsp3) is 0.0714. The monoisotopic (exact) mass is 292 g/mol. The summed E-state index contributed by atoms with van der Waals surface area (Å²) in [5.41, 5.74) is 7.91. The van der Waals surface area contributed by atoms with Crippen LogP contribution in [0.25, 0.3) is 11.1 Å². The van der Waals surface area contributed by atoms with E-state index in [1.54, 1.807) is 24.3 Å². The van der Waals surface area contributed by atoms with Crippen molar-refractivity contribution >= 4 is 28.4 Å². The maximum absolute atomic E-state index is 13.1. The lowest BCUT2D eigenvalue weighted by Crippen LogP contribution is -2.14. The minimum atomic E-state index is -0.494. The van der Waals surface area contributed by atoms with Crippen molar-refractivity contribution in [1.82, 2.24) is 4.57 Å². The second kappa shape index (κ2) is 4.68. The van der Waals surface area contributed by atoms with Crippen LogP contribution >= 0.6 is 11.6 Å². The van der Waals surface area contributed by atoms with E-state index in [0.29, 0.717) is 22.4 Å². The van der Waals surface area contributed by atoms with Crippen molar-refractivity contribution in [2.45, 2.75) is 6.54 Å². The molecule has 6 heteroatoms. The fourth-order valence-electron chi connectivity index (χ4n) is 2.05. The zero-order valence-corrected chi connectivity index (χ0v) is 11.0. The number of rotatable bonds is 2. The van der Waals surface area contributed by atoms with Gasteiger partial charge in [0.25, 0.3) is 0 Å². The van der Waals surface area contributed by atoms with Crippen LogP contribution in [0.1, 0.15) is 5.56 Å². The molecular weight excluding hydrogens is 283 g/mol. The molecule has 0 atom stereocenters. The Morgan fingerprint density at radius 1 is 1.25 bits per heavy atom. The normalized spacial score (nSPS) is 11.1. The van der Waals surface area contributed by atoms with Gasteiger partial charge in [0, 0.05) is 11.8 Å². The predicted octanol–water partition coefficient (Wildman–Crippen LogP) is 3.02. The maximum atomic E-state index is 13.1. The number of nitrogen functional groups attached to an aromatic ring is 1. The Balaban J connectivity index is 2.08. The summed E-state index contributed by atoms with van der Waals surface area (Å²) in [7, 11) is 0. The minimum Gasteiger partial charge on any atom is -0.408 e. The van der Waals surface area contributed by atoms with Gasteiger partial charge in [0.2, 0.25) is 0 Å². The van der Waals surface area contributed by atoms with E-state index in [1.165, 1.54) is 16.7 Å². The molecule has 102 valence electrons. The third-order valence-corrected chi connectivity index (χ3v) is 3.31. The number of hydrogen-bond acceptors (Lipinski definition) is 3. The van der Waals surface area contributed by atoms with E-state index < -0.39 is 11.6 Å². The lowest BCUT2D eigenvalue weighted by Gasteiger charge is -2.04. The van der Waals surface area contributed by atoms with E-state index >= 15 is 0 Å². The number of hydrogen-bond donors (Lipinski definition) is 1. The summed E-state index contributed by atoms with van der Waals surface area (Å²) in [6.07, 6.45) is 0. The molecule has 2 aromatic carbocycles. The first-order valence-corrected chi connectivity index (χ1v) is 6.25. The maximum Gasteiger partial charge on any atom is 0.420 e. The second-order valence-electron chi connectivity index (χ2n) is 4.43. The zero-order chi connectivity index (χ0) is 14.3. The van der Waals surface area contributed by atoms with Gasteiger partial charge in [-0.15, -0.1) is 0 Å². The Morgan fingerprint density at radius 2 is 2.05 bits per heavy atom. The van der Waals surface area contributed by atoms with Gasteiger partial charge < -0.3 is 10.2 Å². The molecule has 0 aliphatic carbocycles. The summed E-state index contributed by atoms with van der Waals surface area (Å²) in [4.78, 5) is 11.9. The van der Waals surface area contributed by atoms with Crippen LogP contribution in [0.2, 0.25) is 5.02 Å². The molecule has 2 N–H and O–H groups in total. The summed E-state index contributed by atoms with van der Waals surface area (Å²) in [5, 5.41) is 0.0209. The molecule has 0 bridgehead atoms.